The molecule has 0 radical (unpaired) electrons. The summed E-state index contributed by atoms with van der Waals surface area (Å²) in [4.78, 5) is 0. The molecule has 0 saturated carbocycles. The predicted octanol–water partition coefficient (Wildman–Crippen LogP) is 8.41. The standard InChI is InChI=1S/4C8H9.Zr/c4*1-7-4-3-5-8(2)6-7;/h4*3-4,6H,1-2H3;/q4*-1;+4. The molecule has 0 aliphatic rings. The molecule has 168 valence electrons. The maximum Gasteiger partial charge on any atom is 4.00 e. The van der Waals surface area contributed by atoms with Gasteiger partial charge in [-0.05, 0) is 0 Å². The number of hydrogen-bond acceptors (Lipinski definition) is 0. The molecule has 0 nitrogen and oxygen atoms in total. The molecule has 4 rings (SSSR count). The summed E-state index contributed by atoms with van der Waals surface area (Å²) in [5, 5.41) is 0. The van der Waals surface area contributed by atoms with Gasteiger partial charge in [0, 0.05) is 0 Å². The normalized spacial score (nSPS) is 8.97. The maximum absolute atomic E-state index is 3.07. The molecule has 0 bridgehead atoms. The Bertz CT molecular complexity index is 820. The van der Waals surface area contributed by atoms with E-state index in [0.717, 1.165) is 0 Å². The van der Waals surface area contributed by atoms with E-state index in [1.165, 1.54) is 44.5 Å². The van der Waals surface area contributed by atoms with Gasteiger partial charge in [-0.15, -0.1) is 0 Å². The molecule has 0 unspecified atom stereocenters. The Morgan fingerprint density at radius 2 is 0.545 bits per heavy atom. The zero-order valence-corrected chi connectivity index (χ0v) is 23.9. The first-order chi connectivity index (χ1) is 15.2. The first kappa shape index (κ1) is 30.8. The summed E-state index contributed by atoms with van der Waals surface area (Å²) in [6.45, 7) is 16.5. The molecule has 0 fully saturated rings. The maximum atomic E-state index is 3.07. The van der Waals surface area contributed by atoms with E-state index in [0.29, 0.717) is 0 Å². The van der Waals surface area contributed by atoms with Crippen LogP contribution in [0, 0.1) is 79.7 Å². The van der Waals surface area contributed by atoms with E-state index >= 15 is 0 Å². The minimum absolute atomic E-state index is 0. The Morgan fingerprint density at radius 3 is 0.636 bits per heavy atom. The van der Waals surface area contributed by atoms with Crippen molar-refractivity contribution in [3.05, 3.63) is 142 Å². The van der Waals surface area contributed by atoms with Gasteiger partial charge in [0.25, 0.3) is 0 Å². The Balaban J connectivity index is 0.000000410. The summed E-state index contributed by atoms with van der Waals surface area (Å²) < 4.78 is 0. The Labute approximate surface area is 222 Å². The third-order valence-corrected chi connectivity index (χ3v) is 4.41. The van der Waals surface area contributed by atoms with Crippen molar-refractivity contribution < 1.29 is 26.2 Å². The molecule has 0 aliphatic carbocycles. The van der Waals surface area contributed by atoms with E-state index in [-0.39, 0.29) is 26.2 Å². The van der Waals surface area contributed by atoms with Crippen LogP contribution in [0.1, 0.15) is 44.5 Å². The van der Waals surface area contributed by atoms with Gasteiger partial charge in [-0.3, -0.25) is 0 Å². The molecule has 0 saturated heterocycles. The molecule has 4 aromatic rings. The van der Waals surface area contributed by atoms with Gasteiger partial charge in [-0.2, -0.15) is 142 Å². The van der Waals surface area contributed by atoms with Crippen LogP contribution in [-0.2, 0) is 26.2 Å². The minimum Gasteiger partial charge on any atom is -0.181 e. The van der Waals surface area contributed by atoms with Crippen LogP contribution in [0.4, 0.5) is 0 Å². The second kappa shape index (κ2) is 17.3. The van der Waals surface area contributed by atoms with E-state index in [2.05, 4.69) is 76.2 Å². The summed E-state index contributed by atoms with van der Waals surface area (Å²) in [6.07, 6.45) is 0. The molecule has 0 aromatic heterocycles. The molecule has 4 aromatic carbocycles. The predicted molar refractivity (Wildman–Crippen MR) is 139 cm³/mol. The number of hydrogen-bond donors (Lipinski definition) is 0. The van der Waals surface area contributed by atoms with E-state index in [4.69, 9.17) is 0 Å². The smallest absolute Gasteiger partial charge is 0.181 e. The molecule has 0 heterocycles. The van der Waals surface area contributed by atoms with E-state index in [9.17, 15) is 0 Å². The minimum atomic E-state index is 0. The third kappa shape index (κ3) is 16.1. The van der Waals surface area contributed by atoms with Crippen molar-refractivity contribution in [1.29, 1.82) is 0 Å². The molecular weight excluding hydrogens is 476 g/mol. The molecule has 33 heavy (non-hydrogen) atoms. The second-order valence-corrected chi connectivity index (χ2v) is 8.20. The van der Waals surface area contributed by atoms with Crippen LogP contribution in [0.3, 0.4) is 0 Å². The molecule has 0 atom stereocenters. The fourth-order valence-electron chi connectivity index (χ4n) is 2.94. The number of aryl methyl sites for hydroxylation is 8. The van der Waals surface area contributed by atoms with Crippen molar-refractivity contribution in [3.63, 3.8) is 0 Å². The first-order valence-electron chi connectivity index (χ1n) is 11.0. The Kier molecular flexibility index (Phi) is 16.1. The van der Waals surface area contributed by atoms with Crippen molar-refractivity contribution in [1.82, 2.24) is 0 Å². The summed E-state index contributed by atoms with van der Waals surface area (Å²) in [5.41, 5.74) is 10.1. The summed E-state index contributed by atoms with van der Waals surface area (Å²) in [5.74, 6) is 0. The zero-order valence-electron chi connectivity index (χ0n) is 21.4. The fraction of sp³-hybridized carbons (Fsp3) is 0.250. The van der Waals surface area contributed by atoms with Gasteiger partial charge in [-0.25, -0.2) is 0 Å². The first-order valence-corrected chi connectivity index (χ1v) is 11.0. The van der Waals surface area contributed by atoms with Crippen molar-refractivity contribution in [3.8, 4) is 0 Å². The Morgan fingerprint density at radius 1 is 0.364 bits per heavy atom. The third-order valence-electron chi connectivity index (χ3n) is 4.41. The van der Waals surface area contributed by atoms with Crippen LogP contribution in [0.2, 0.25) is 0 Å². The zero-order chi connectivity index (χ0) is 23.9. The van der Waals surface area contributed by atoms with Crippen LogP contribution in [0.15, 0.2) is 72.8 Å². The summed E-state index contributed by atoms with van der Waals surface area (Å²) in [6, 6.07) is 36.7. The van der Waals surface area contributed by atoms with Gasteiger partial charge in [0.05, 0.1) is 0 Å². The largest absolute Gasteiger partial charge is 4.00 e. The van der Waals surface area contributed by atoms with Crippen LogP contribution >= 0.6 is 0 Å². The van der Waals surface area contributed by atoms with Gasteiger partial charge in [-0.1, -0.05) is 55.4 Å². The quantitative estimate of drug-likeness (QED) is 0.208. The van der Waals surface area contributed by atoms with Crippen molar-refractivity contribution in [2.45, 2.75) is 55.4 Å². The molecule has 0 spiro atoms. The average Bonchev–Trinajstić information content (AvgIpc) is 2.69. The van der Waals surface area contributed by atoms with Gasteiger partial charge < -0.3 is 0 Å². The monoisotopic (exact) mass is 510 g/mol. The second-order valence-electron chi connectivity index (χ2n) is 8.20. The van der Waals surface area contributed by atoms with E-state index in [1.54, 1.807) is 0 Å². The topological polar surface area (TPSA) is 0 Å². The molecule has 0 amide bonds. The number of rotatable bonds is 0. The molecule has 0 aliphatic heterocycles. The fourth-order valence-corrected chi connectivity index (χ4v) is 2.94. The molecular formula is C32H36Zr. The summed E-state index contributed by atoms with van der Waals surface area (Å²) >= 11 is 0. The number of benzene rings is 4. The van der Waals surface area contributed by atoms with Gasteiger partial charge >= 0.3 is 26.2 Å². The van der Waals surface area contributed by atoms with Crippen molar-refractivity contribution >= 4 is 0 Å². The molecule has 1 heteroatoms. The van der Waals surface area contributed by atoms with Crippen LogP contribution in [0.5, 0.6) is 0 Å². The van der Waals surface area contributed by atoms with E-state index in [1.807, 2.05) is 76.2 Å². The van der Waals surface area contributed by atoms with Crippen molar-refractivity contribution in [2.75, 3.05) is 0 Å². The van der Waals surface area contributed by atoms with Crippen LogP contribution in [0.25, 0.3) is 0 Å². The van der Waals surface area contributed by atoms with Crippen LogP contribution in [-0.4, -0.2) is 0 Å². The summed E-state index contributed by atoms with van der Waals surface area (Å²) in [7, 11) is 0. The van der Waals surface area contributed by atoms with Gasteiger partial charge in [0.1, 0.15) is 0 Å². The van der Waals surface area contributed by atoms with Crippen molar-refractivity contribution in [2.24, 2.45) is 0 Å². The Hall–Kier alpha value is -2.24. The SMILES string of the molecule is Cc1[c-]ccc(C)c1.Cc1[c-]ccc(C)c1.Cc1[c-]ccc(C)c1.Cc1[c-]ccc(C)c1.[Zr+4]. The average molecular weight is 512 g/mol. The molecule has 0 N–H and O–H groups in total. The van der Waals surface area contributed by atoms with E-state index < -0.39 is 0 Å². The van der Waals surface area contributed by atoms with Crippen LogP contribution < -0.4 is 0 Å². The van der Waals surface area contributed by atoms with Gasteiger partial charge in [0.2, 0.25) is 0 Å². The van der Waals surface area contributed by atoms with Gasteiger partial charge in [0.15, 0.2) is 0 Å².